The number of halogens is 1. The molecule has 3 rings (SSSR count). The molecule has 2 aromatic carbocycles. The van der Waals surface area contributed by atoms with Crippen molar-refractivity contribution in [3.8, 4) is 22.4 Å². The first-order valence-corrected chi connectivity index (χ1v) is 8.78. The molecule has 0 saturated carbocycles. The Balaban J connectivity index is 2.10. The third-order valence-corrected chi connectivity index (χ3v) is 4.68. The van der Waals surface area contributed by atoms with Crippen molar-refractivity contribution in [3.05, 3.63) is 60.1 Å². The van der Waals surface area contributed by atoms with Crippen molar-refractivity contribution < 1.29 is 17.3 Å². The topological polar surface area (TPSA) is 60.2 Å². The number of aromatic nitrogens is 1. The van der Waals surface area contributed by atoms with Crippen molar-refractivity contribution in [2.45, 2.75) is 11.8 Å². The van der Waals surface area contributed by atoms with E-state index in [0.29, 0.717) is 11.5 Å². The molecular formula is C17H14FNO3S. The highest BCUT2D eigenvalue weighted by Gasteiger charge is 2.17. The Bertz CT molecular complexity index is 943. The molecule has 0 spiro atoms. The summed E-state index contributed by atoms with van der Waals surface area (Å²) in [6, 6.07) is 12.5. The van der Waals surface area contributed by atoms with Gasteiger partial charge >= 0.3 is 0 Å². The zero-order chi connectivity index (χ0) is 16.6. The van der Waals surface area contributed by atoms with Crippen molar-refractivity contribution in [2.24, 2.45) is 0 Å². The first kappa shape index (κ1) is 15.4. The first-order valence-electron chi connectivity index (χ1n) is 6.89. The lowest BCUT2D eigenvalue weighted by molar-refractivity contribution is 0.400. The lowest BCUT2D eigenvalue weighted by Gasteiger charge is -2.05. The number of aryl methyl sites for hydroxylation is 1. The van der Waals surface area contributed by atoms with E-state index in [1.54, 1.807) is 43.3 Å². The van der Waals surface area contributed by atoms with Gasteiger partial charge in [0, 0.05) is 11.8 Å². The van der Waals surface area contributed by atoms with Crippen LogP contribution in [0, 0.1) is 12.7 Å². The normalized spacial score (nSPS) is 11.6. The van der Waals surface area contributed by atoms with Crippen molar-refractivity contribution >= 4 is 9.84 Å². The van der Waals surface area contributed by atoms with Crippen LogP contribution in [0.1, 0.15) is 5.76 Å². The van der Waals surface area contributed by atoms with Crippen LogP contribution in [-0.4, -0.2) is 19.8 Å². The first-order chi connectivity index (χ1) is 10.9. The van der Waals surface area contributed by atoms with Crippen LogP contribution >= 0.6 is 0 Å². The van der Waals surface area contributed by atoms with Crippen LogP contribution in [0.4, 0.5) is 4.39 Å². The van der Waals surface area contributed by atoms with Crippen LogP contribution in [0.2, 0.25) is 0 Å². The van der Waals surface area contributed by atoms with Gasteiger partial charge in [-0.1, -0.05) is 17.3 Å². The van der Waals surface area contributed by atoms with Gasteiger partial charge in [-0.25, -0.2) is 12.8 Å². The molecule has 0 unspecified atom stereocenters. The largest absolute Gasteiger partial charge is 0.360 e. The number of hydrogen-bond donors (Lipinski definition) is 0. The smallest absolute Gasteiger partial charge is 0.175 e. The summed E-state index contributed by atoms with van der Waals surface area (Å²) in [6.07, 6.45) is 1.16. The second-order valence-electron chi connectivity index (χ2n) is 5.27. The molecule has 3 aromatic rings. The summed E-state index contributed by atoms with van der Waals surface area (Å²) in [5, 5.41) is 4.05. The molecule has 118 valence electrons. The quantitative estimate of drug-likeness (QED) is 0.731. The summed E-state index contributed by atoms with van der Waals surface area (Å²) in [5.41, 5.74) is 2.87. The standard InChI is InChI=1S/C17H14FNO3S/c1-11-16(12-5-9-15(10-6-12)23(2,20)21)17(19-22-11)13-3-7-14(18)8-4-13/h3-10H,1-2H3. The van der Waals surface area contributed by atoms with Gasteiger partial charge in [-0.05, 0) is 48.9 Å². The van der Waals surface area contributed by atoms with Gasteiger partial charge in [-0.2, -0.15) is 0 Å². The molecule has 4 nitrogen and oxygen atoms in total. The lowest BCUT2D eigenvalue weighted by Crippen LogP contribution is -1.96. The molecule has 0 aliphatic rings. The molecule has 0 radical (unpaired) electrons. The number of sulfone groups is 1. The molecule has 0 fully saturated rings. The fourth-order valence-electron chi connectivity index (χ4n) is 2.39. The van der Waals surface area contributed by atoms with Crippen LogP contribution in [0.3, 0.4) is 0 Å². The SMILES string of the molecule is Cc1onc(-c2ccc(F)cc2)c1-c1ccc(S(C)(=O)=O)cc1. The maximum Gasteiger partial charge on any atom is 0.175 e. The highest BCUT2D eigenvalue weighted by molar-refractivity contribution is 7.90. The fraction of sp³-hybridized carbons (Fsp3) is 0.118. The van der Waals surface area contributed by atoms with E-state index >= 15 is 0 Å². The summed E-state index contributed by atoms with van der Waals surface area (Å²) in [7, 11) is -3.25. The van der Waals surface area contributed by atoms with Gasteiger partial charge in [0.2, 0.25) is 0 Å². The van der Waals surface area contributed by atoms with E-state index in [-0.39, 0.29) is 10.7 Å². The molecule has 0 amide bonds. The average molecular weight is 331 g/mol. The fourth-order valence-corrected chi connectivity index (χ4v) is 3.02. The highest BCUT2D eigenvalue weighted by atomic mass is 32.2. The molecule has 1 heterocycles. The van der Waals surface area contributed by atoms with Crippen LogP contribution in [0.25, 0.3) is 22.4 Å². The Labute approximate surface area is 133 Å². The van der Waals surface area contributed by atoms with E-state index in [0.717, 1.165) is 22.9 Å². The number of hydrogen-bond acceptors (Lipinski definition) is 4. The predicted octanol–water partition coefficient (Wildman–Crippen LogP) is 3.86. The predicted molar refractivity (Wildman–Crippen MR) is 85.2 cm³/mol. The Morgan fingerprint density at radius 1 is 0.957 bits per heavy atom. The molecule has 6 heteroatoms. The maximum absolute atomic E-state index is 13.1. The minimum absolute atomic E-state index is 0.249. The van der Waals surface area contributed by atoms with Crippen LogP contribution in [-0.2, 0) is 9.84 Å². The third kappa shape index (κ3) is 3.03. The molecule has 0 aliphatic heterocycles. The summed E-state index contributed by atoms with van der Waals surface area (Å²) in [4.78, 5) is 0.249. The van der Waals surface area contributed by atoms with Crippen molar-refractivity contribution in [3.63, 3.8) is 0 Å². The molecule has 1 aromatic heterocycles. The average Bonchev–Trinajstić information content (AvgIpc) is 2.89. The van der Waals surface area contributed by atoms with Crippen molar-refractivity contribution in [1.82, 2.24) is 5.16 Å². The number of benzene rings is 2. The summed E-state index contributed by atoms with van der Waals surface area (Å²) in [5.74, 6) is 0.282. The second-order valence-corrected chi connectivity index (χ2v) is 7.28. The van der Waals surface area contributed by atoms with E-state index in [1.807, 2.05) is 0 Å². The molecule has 0 atom stereocenters. The summed E-state index contributed by atoms with van der Waals surface area (Å²) < 4.78 is 41.5. The maximum atomic E-state index is 13.1. The van der Waals surface area contributed by atoms with Crippen molar-refractivity contribution in [1.29, 1.82) is 0 Å². The molecule has 0 bridgehead atoms. The van der Waals surface area contributed by atoms with E-state index in [9.17, 15) is 12.8 Å². The minimum Gasteiger partial charge on any atom is -0.360 e. The van der Waals surface area contributed by atoms with E-state index in [4.69, 9.17) is 4.52 Å². The molecule has 0 saturated heterocycles. The third-order valence-electron chi connectivity index (χ3n) is 3.55. The van der Waals surface area contributed by atoms with Gasteiger partial charge in [-0.15, -0.1) is 0 Å². The number of rotatable bonds is 3. The van der Waals surface area contributed by atoms with E-state index in [2.05, 4.69) is 5.16 Å². The molecule has 0 aliphatic carbocycles. The van der Waals surface area contributed by atoms with Crippen LogP contribution in [0.5, 0.6) is 0 Å². The Hall–Kier alpha value is -2.47. The minimum atomic E-state index is -3.25. The second kappa shape index (κ2) is 5.62. The highest BCUT2D eigenvalue weighted by Crippen LogP contribution is 2.34. The zero-order valence-corrected chi connectivity index (χ0v) is 13.4. The lowest BCUT2D eigenvalue weighted by atomic mass is 9.99. The van der Waals surface area contributed by atoms with E-state index in [1.165, 1.54) is 12.1 Å². The molecule has 23 heavy (non-hydrogen) atoms. The molecule has 0 N–H and O–H groups in total. The Kier molecular flexibility index (Phi) is 3.77. The van der Waals surface area contributed by atoms with Gasteiger partial charge in [-0.3, -0.25) is 0 Å². The van der Waals surface area contributed by atoms with Gasteiger partial charge in [0.05, 0.1) is 10.5 Å². The van der Waals surface area contributed by atoms with Gasteiger partial charge in [0.15, 0.2) is 9.84 Å². The van der Waals surface area contributed by atoms with Crippen LogP contribution < -0.4 is 0 Å². The van der Waals surface area contributed by atoms with Gasteiger partial charge in [0.25, 0.3) is 0 Å². The monoisotopic (exact) mass is 331 g/mol. The van der Waals surface area contributed by atoms with Gasteiger partial charge < -0.3 is 4.52 Å². The number of nitrogens with zero attached hydrogens (tertiary/aromatic N) is 1. The zero-order valence-electron chi connectivity index (χ0n) is 12.6. The Morgan fingerprint density at radius 2 is 1.52 bits per heavy atom. The van der Waals surface area contributed by atoms with Gasteiger partial charge in [0.1, 0.15) is 17.3 Å². The van der Waals surface area contributed by atoms with Crippen molar-refractivity contribution in [2.75, 3.05) is 6.26 Å². The summed E-state index contributed by atoms with van der Waals surface area (Å²) >= 11 is 0. The molecular weight excluding hydrogens is 317 g/mol. The Morgan fingerprint density at radius 3 is 2.09 bits per heavy atom. The van der Waals surface area contributed by atoms with Crippen LogP contribution in [0.15, 0.2) is 57.9 Å². The summed E-state index contributed by atoms with van der Waals surface area (Å²) in [6.45, 7) is 1.78. The van der Waals surface area contributed by atoms with E-state index < -0.39 is 9.84 Å².